The minimum absolute atomic E-state index is 0.0856. The first-order valence-electron chi connectivity index (χ1n) is 11.5. The van der Waals surface area contributed by atoms with E-state index < -0.39 is 11.2 Å². The summed E-state index contributed by atoms with van der Waals surface area (Å²) >= 11 is 0. The minimum atomic E-state index is -0.506. The Balaban J connectivity index is 1.71. The van der Waals surface area contributed by atoms with Gasteiger partial charge in [0.05, 0.1) is 19.1 Å². The maximum absolute atomic E-state index is 13.4. The lowest BCUT2D eigenvalue weighted by Crippen LogP contribution is -2.47. The number of nitrogens with one attached hydrogen (secondary N) is 1. The van der Waals surface area contributed by atoms with Crippen molar-refractivity contribution in [3.05, 3.63) is 51.3 Å². The summed E-state index contributed by atoms with van der Waals surface area (Å²) in [5, 5.41) is 3.04. The van der Waals surface area contributed by atoms with Gasteiger partial charge in [-0.3, -0.25) is 14.2 Å². The molecule has 0 radical (unpaired) electrons. The van der Waals surface area contributed by atoms with Crippen molar-refractivity contribution in [3.8, 4) is 0 Å². The Morgan fingerprint density at radius 2 is 2.06 bits per heavy atom. The Labute approximate surface area is 186 Å². The molecule has 3 aromatic rings. The number of carbonyl (C=O) groups excluding carboxylic acids is 1. The van der Waals surface area contributed by atoms with Gasteiger partial charge in [0, 0.05) is 12.6 Å². The number of aryl methyl sites for hydroxylation is 1. The van der Waals surface area contributed by atoms with Gasteiger partial charge in [-0.25, -0.2) is 14.3 Å². The number of imidazole rings is 1. The van der Waals surface area contributed by atoms with Crippen LogP contribution < -0.4 is 16.6 Å². The molecule has 1 aliphatic rings. The topological polar surface area (TPSA) is 104 Å². The second kappa shape index (κ2) is 9.58. The third-order valence-corrected chi connectivity index (χ3v) is 6.38. The van der Waals surface area contributed by atoms with E-state index in [9.17, 15) is 14.4 Å². The molecule has 3 aromatic heterocycles. The highest BCUT2D eigenvalue weighted by Crippen LogP contribution is 2.23. The van der Waals surface area contributed by atoms with Crippen molar-refractivity contribution in [2.24, 2.45) is 5.92 Å². The summed E-state index contributed by atoms with van der Waals surface area (Å²) < 4.78 is 9.64. The first kappa shape index (κ1) is 22.1. The smallest absolute Gasteiger partial charge is 0.333 e. The predicted molar refractivity (Wildman–Crippen MR) is 121 cm³/mol. The van der Waals surface area contributed by atoms with E-state index in [1.165, 1.54) is 11.0 Å². The molecule has 3 heterocycles. The average Bonchev–Trinajstić information content (AvgIpc) is 3.43. The molecule has 1 N–H and O–H groups in total. The molecule has 9 nitrogen and oxygen atoms in total. The Hall–Kier alpha value is -3.10. The quantitative estimate of drug-likeness (QED) is 0.578. The van der Waals surface area contributed by atoms with E-state index in [0.717, 1.165) is 36.7 Å². The van der Waals surface area contributed by atoms with Crippen molar-refractivity contribution in [1.29, 1.82) is 0 Å². The number of unbranched alkanes of at least 4 members (excludes halogenated alkanes) is 1. The Bertz CT molecular complexity index is 1190. The lowest BCUT2D eigenvalue weighted by molar-refractivity contribution is -0.123. The van der Waals surface area contributed by atoms with Crippen molar-refractivity contribution < 1.29 is 9.21 Å². The van der Waals surface area contributed by atoms with Gasteiger partial charge in [0.1, 0.15) is 12.3 Å². The molecule has 1 amide bonds. The van der Waals surface area contributed by atoms with Crippen LogP contribution in [0.2, 0.25) is 0 Å². The van der Waals surface area contributed by atoms with Gasteiger partial charge < -0.3 is 14.3 Å². The second-order valence-corrected chi connectivity index (χ2v) is 8.74. The van der Waals surface area contributed by atoms with Crippen LogP contribution in [-0.4, -0.2) is 30.6 Å². The number of hydrogen-bond acceptors (Lipinski definition) is 5. The number of furan rings is 1. The zero-order chi connectivity index (χ0) is 22.7. The van der Waals surface area contributed by atoms with Gasteiger partial charge in [-0.05, 0) is 37.3 Å². The molecule has 1 aliphatic carbocycles. The summed E-state index contributed by atoms with van der Waals surface area (Å²) in [7, 11) is 0. The van der Waals surface area contributed by atoms with E-state index in [1.54, 1.807) is 23.2 Å². The van der Waals surface area contributed by atoms with Crippen LogP contribution in [0.25, 0.3) is 11.2 Å². The molecule has 0 saturated heterocycles. The Kier molecular flexibility index (Phi) is 6.62. The molecule has 4 rings (SSSR count). The highest BCUT2D eigenvalue weighted by molar-refractivity contribution is 5.77. The molecular weight excluding hydrogens is 410 g/mol. The van der Waals surface area contributed by atoms with E-state index in [-0.39, 0.29) is 18.5 Å². The van der Waals surface area contributed by atoms with Gasteiger partial charge in [-0.15, -0.1) is 0 Å². The number of nitrogens with zero attached hydrogens (tertiary/aromatic N) is 4. The average molecular weight is 442 g/mol. The van der Waals surface area contributed by atoms with Crippen LogP contribution in [0.3, 0.4) is 0 Å². The molecule has 0 aliphatic heterocycles. The highest BCUT2D eigenvalue weighted by atomic mass is 16.3. The molecule has 32 heavy (non-hydrogen) atoms. The molecule has 0 aromatic carbocycles. The monoisotopic (exact) mass is 441 g/mol. The second-order valence-electron chi connectivity index (χ2n) is 8.74. The Morgan fingerprint density at radius 3 is 2.78 bits per heavy atom. The van der Waals surface area contributed by atoms with E-state index >= 15 is 0 Å². The summed E-state index contributed by atoms with van der Waals surface area (Å²) in [6.07, 6.45) is 9.03. The lowest BCUT2D eigenvalue weighted by atomic mass is 9.86. The molecule has 2 atom stereocenters. The summed E-state index contributed by atoms with van der Waals surface area (Å²) in [5.41, 5.74) is -0.354. The standard InChI is InChI=1S/C23H31N5O4/c1-3-4-11-27-21-20(26(15-24-21)13-17-9-7-12-32-17)22(30)28(23(27)31)14-19(29)25-18-10-6-5-8-16(18)2/h7,9,12,15-16,18H,3-6,8,10-11,13-14H2,1-2H3,(H,25,29)/t16-,18-/m1/s1. The summed E-state index contributed by atoms with van der Waals surface area (Å²) in [4.78, 5) is 43.7. The van der Waals surface area contributed by atoms with Crippen LogP contribution in [0.4, 0.5) is 0 Å². The van der Waals surface area contributed by atoms with Crippen LogP contribution >= 0.6 is 0 Å². The third kappa shape index (κ3) is 4.42. The van der Waals surface area contributed by atoms with Gasteiger partial charge in [0.15, 0.2) is 11.2 Å². The zero-order valence-electron chi connectivity index (χ0n) is 18.7. The van der Waals surface area contributed by atoms with Crippen LogP contribution in [0, 0.1) is 5.92 Å². The fourth-order valence-electron chi connectivity index (χ4n) is 4.51. The molecular formula is C23H31N5O4. The Morgan fingerprint density at radius 1 is 1.25 bits per heavy atom. The van der Waals surface area contributed by atoms with Crippen molar-refractivity contribution in [2.45, 2.75) is 78.0 Å². The molecule has 0 spiro atoms. The summed E-state index contributed by atoms with van der Waals surface area (Å²) in [5.74, 6) is 0.759. The molecule has 0 unspecified atom stereocenters. The maximum Gasteiger partial charge on any atom is 0.333 e. The predicted octanol–water partition coefficient (Wildman–Crippen LogP) is 2.50. The number of fused-ring (bicyclic) bond motifs is 1. The molecule has 9 heteroatoms. The van der Waals surface area contributed by atoms with Crippen LogP contribution in [0.15, 0.2) is 38.7 Å². The molecule has 0 bridgehead atoms. The number of rotatable bonds is 8. The third-order valence-electron chi connectivity index (χ3n) is 6.38. The fraction of sp³-hybridized carbons (Fsp3) is 0.565. The first-order valence-corrected chi connectivity index (χ1v) is 11.5. The van der Waals surface area contributed by atoms with E-state index in [4.69, 9.17) is 4.42 Å². The van der Waals surface area contributed by atoms with Crippen molar-refractivity contribution in [1.82, 2.24) is 24.0 Å². The molecule has 172 valence electrons. The van der Waals surface area contributed by atoms with E-state index in [1.807, 2.05) is 13.0 Å². The van der Waals surface area contributed by atoms with E-state index in [0.29, 0.717) is 35.9 Å². The van der Waals surface area contributed by atoms with E-state index in [2.05, 4.69) is 17.2 Å². The minimum Gasteiger partial charge on any atom is -0.467 e. The summed E-state index contributed by atoms with van der Waals surface area (Å²) in [6, 6.07) is 3.68. The van der Waals surface area contributed by atoms with Gasteiger partial charge in [-0.1, -0.05) is 33.1 Å². The van der Waals surface area contributed by atoms with Gasteiger partial charge in [-0.2, -0.15) is 0 Å². The van der Waals surface area contributed by atoms with Gasteiger partial charge in [0.2, 0.25) is 5.91 Å². The first-order chi connectivity index (χ1) is 15.5. The number of carbonyl (C=O) groups is 1. The van der Waals surface area contributed by atoms with Crippen LogP contribution in [-0.2, 0) is 24.4 Å². The largest absolute Gasteiger partial charge is 0.467 e. The van der Waals surface area contributed by atoms with Crippen molar-refractivity contribution in [2.75, 3.05) is 0 Å². The number of aromatic nitrogens is 4. The SMILES string of the molecule is CCCCn1c(=O)n(CC(=O)N[C@@H]2CCCC[C@H]2C)c(=O)c2c1ncn2Cc1ccco1. The normalized spacial score (nSPS) is 18.8. The zero-order valence-corrected chi connectivity index (χ0v) is 18.7. The molecule has 1 fully saturated rings. The number of hydrogen-bond donors (Lipinski definition) is 1. The van der Waals surface area contributed by atoms with Crippen molar-refractivity contribution >= 4 is 17.1 Å². The van der Waals surface area contributed by atoms with Crippen LogP contribution in [0.5, 0.6) is 0 Å². The molecule has 1 saturated carbocycles. The van der Waals surface area contributed by atoms with Crippen molar-refractivity contribution in [3.63, 3.8) is 0 Å². The lowest BCUT2D eigenvalue weighted by Gasteiger charge is -2.29. The van der Waals surface area contributed by atoms with Crippen LogP contribution in [0.1, 0.15) is 58.1 Å². The summed E-state index contributed by atoms with van der Waals surface area (Å²) in [6.45, 7) is 4.62. The fourth-order valence-corrected chi connectivity index (χ4v) is 4.51. The van der Waals surface area contributed by atoms with Gasteiger partial charge >= 0.3 is 5.69 Å². The van der Waals surface area contributed by atoms with Gasteiger partial charge in [0.25, 0.3) is 5.56 Å². The number of amides is 1. The maximum atomic E-state index is 13.4. The highest BCUT2D eigenvalue weighted by Gasteiger charge is 2.24.